The van der Waals surface area contributed by atoms with Crippen molar-refractivity contribution in [3.63, 3.8) is 0 Å². The molecule has 6 heteroatoms. The van der Waals surface area contributed by atoms with Crippen LogP contribution in [0.25, 0.3) is 11.0 Å². The zero-order chi connectivity index (χ0) is 18.3. The van der Waals surface area contributed by atoms with Gasteiger partial charge in [0.15, 0.2) is 0 Å². The number of nitrogens with two attached hydrogens (primary N) is 1. The molecular formula is C21H29BClNO3. The molecule has 1 aromatic carbocycles. The van der Waals surface area contributed by atoms with Crippen molar-refractivity contribution < 1.29 is 13.7 Å². The van der Waals surface area contributed by atoms with Crippen molar-refractivity contribution in [1.29, 1.82) is 0 Å². The van der Waals surface area contributed by atoms with Gasteiger partial charge in [-0.15, -0.1) is 12.4 Å². The molecule has 3 aliphatic carbocycles. The molecule has 4 aliphatic rings. The molecule has 2 heterocycles. The Morgan fingerprint density at radius 3 is 2.78 bits per heavy atom. The number of fused-ring (bicyclic) bond motifs is 1. The maximum Gasteiger partial charge on any atom is 0.475 e. The second kappa shape index (κ2) is 6.25. The van der Waals surface area contributed by atoms with Crippen LogP contribution in [0.3, 0.4) is 0 Å². The minimum atomic E-state index is -0.338. The highest BCUT2D eigenvalue weighted by molar-refractivity contribution is 6.47. The Bertz CT molecular complexity index is 868. The zero-order valence-corrected chi connectivity index (χ0v) is 17.3. The van der Waals surface area contributed by atoms with Crippen LogP contribution in [0, 0.1) is 24.2 Å². The first-order valence-corrected chi connectivity index (χ1v) is 9.85. The Hall–Kier alpha value is -1.01. The van der Waals surface area contributed by atoms with Gasteiger partial charge in [-0.2, -0.15) is 0 Å². The minimum Gasteiger partial charge on any atom is -0.464 e. The summed E-state index contributed by atoms with van der Waals surface area (Å²) in [5, 5.41) is 1.14. The van der Waals surface area contributed by atoms with E-state index in [-0.39, 0.29) is 37.2 Å². The third kappa shape index (κ3) is 2.62. The molecular weight excluding hydrogens is 361 g/mol. The average Bonchev–Trinajstić information content (AvgIpc) is 3.16. The van der Waals surface area contributed by atoms with Crippen molar-refractivity contribution in [1.82, 2.24) is 0 Å². The highest BCUT2D eigenvalue weighted by Gasteiger charge is 2.68. The number of hydrogen-bond acceptors (Lipinski definition) is 4. The van der Waals surface area contributed by atoms with E-state index < -0.39 is 0 Å². The summed E-state index contributed by atoms with van der Waals surface area (Å²) in [6.45, 7) is 9.06. The van der Waals surface area contributed by atoms with Crippen molar-refractivity contribution in [3.05, 3.63) is 35.6 Å². The van der Waals surface area contributed by atoms with E-state index >= 15 is 0 Å². The third-order valence-electron chi connectivity index (χ3n) is 7.65. The lowest BCUT2D eigenvalue weighted by atomic mass is 9.43. The number of aryl methyl sites for hydroxylation is 1. The Labute approximate surface area is 167 Å². The molecule has 1 aliphatic heterocycles. The summed E-state index contributed by atoms with van der Waals surface area (Å²) < 4.78 is 18.6. The smallest absolute Gasteiger partial charge is 0.464 e. The van der Waals surface area contributed by atoms with Crippen LogP contribution < -0.4 is 5.73 Å². The van der Waals surface area contributed by atoms with Crippen LogP contribution in [0.4, 0.5) is 0 Å². The second-order valence-corrected chi connectivity index (χ2v) is 9.42. The van der Waals surface area contributed by atoms with Crippen molar-refractivity contribution in [2.75, 3.05) is 0 Å². The van der Waals surface area contributed by atoms with Crippen molar-refractivity contribution >= 4 is 30.5 Å². The number of rotatable bonds is 3. The lowest BCUT2D eigenvalue weighted by molar-refractivity contribution is -0.199. The number of para-hydroxylation sites is 1. The molecule has 1 unspecified atom stereocenters. The van der Waals surface area contributed by atoms with Crippen LogP contribution in [0.5, 0.6) is 0 Å². The lowest BCUT2D eigenvalue weighted by Gasteiger charge is -2.64. The monoisotopic (exact) mass is 389 g/mol. The van der Waals surface area contributed by atoms with Gasteiger partial charge in [0, 0.05) is 11.3 Å². The molecule has 5 atom stereocenters. The van der Waals surface area contributed by atoms with E-state index in [2.05, 4.69) is 45.9 Å². The average molecular weight is 390 g/mol. The summed E-state index contributed by atoms with van der Waals surface area (Å²) in [5.74, 6) is 1.12. The van der Waals surface area contributed by atoms with E-state index in [0.29, 0.717) is 17.8 Å². The molecule has 2 bridgehead atoms. The van der Waals surface area contributed by atoms with Crippen LogP contribution in [-0.2, 0) is 15.7 Å². The highest BCUT2D eigenvalue weighted by Crippen LogP contribution is 2.65. The summed E-state index contributed by atoms with van der Waals surface area (Å²) in [5.41, 5.74) is 9.93. The Balaban J connectivity index is 0.00000180. The predicted octanol–water partition coefficient (Wildman–Crippen LogP) is 4.30. The summed E-state index contributed by atoms with van der Waals surface area (Å²) in [6, 6.07) is 6.23. The largest absolute Gasteiger partial charge is 0.475 e. The maximum atomic E-state index is 6.55. The quantitative estimate of drug-likeness (QED) is 0.795. The summed E-state index contributed by atoms with van der Waals surface area (Å²) >= 11 is 0. The fraction of sp³-hybridized carbons (Fsp3) is 0.619. The number of furan rings is 1. The predicted molar refractivity (Wildman–Crippen MR) is 110 cm³/mol. The molecule has 6 rings (SSSR count). The van der Waals surface area contributed by atoms with Crippen LogP contribution in [-0.4, -0.2) is 24.8 Å². The van der Waals surface area contributed by atoms with Gasteiger partial charge >= 0.3 is 7.12 Å². The van der Waals surface area contributed by atoms with Crippen molar-refractivity contribution in [3.8, 4) is 0 Å². The van der Waals surface area contributed by atoms with Crippen LogP contribution in [0.2, 0.25) is 0 Å². The molecule has 2 aromatic rings. The first kappa shape index (κ1) is 19.3. The maximum absolute atomic E-state index is 6.55. The summed E-state index contributed by atoms with van der Waals surface area (Å²) in [4.78, 5) is 0. The summed E-state index contributed by atoms with van der Waals surface area (Å²) in [6.07, 6.45) is 5.06. The van der Waals surface area contributed by atoms with Crippen LogP contribution in [0.1, 0.15) is 44.7 Å². The minimum absolute atomic E-state index is 0. The van der Waals surface area contributed by atoms with E-state index in [1.807, 2.05) is 6.26 Å². The molecule has 1 aromatic heterocycles. The standard InChI is InChI=1S/C21H28BNO3.ClH/c1-12-6-5-7-15-13(11-24-19(12)15)8-18(23)22-25-17-10-14-9-16(20(14,2)3)21(17,4)26-22;/h5-7,11,14,16-18H,8-10,23H2,1-4H3;1H/t14-,16-,17+,18?,21-;/m0./s1. The van der Waals surface area contributed by atoms with Crippen LogP contribution in [0.15, 0.2) is 28.9 Å². The summed E-state index contributed by atoms with van der Waals surface area (Å²) in [7, 11) is -0.338. The molecule has 27 heavy (non-hydrogen) atoms. The normalized spacial score (nSPS) is 34.7. The van der Waals surface area contributed by atoms with Gasteiger partial charge in [-0.05, 0) is 61.5 Å². The lowest BCUT2D eigenvalue weighted by Crippen LogP contribution is -2.65. The Morgan fingerprint density at radius 2 is 2.04 bits per heavy atom. The molecule has 3 saturated carbocycles. The Kier molecular flexibility index (Phi) is 4.47. The fourth-order valence-corrected chi connectivity index (χ4v) is 5.85. The van der Waals surface area contributed by atoms with Gasteiger partial charge in [0.25, 0.3) is 0 Å². The fourth-order valence-electron chi connectivity index (χ4n) is 5.85. The third-order valence-corrected chi connectivity index (χ3v) is 7.65. The van der Waals surface area contributed by atoms with Crippen molar-refractivity contribution in [2.45, 2.75) is 64.6 Å². The second-order valence-electron chi connectivity index (χ2n) is 9.42. The topological polar surface area (TPSA) is 57.6 Å². The van der Waals surface area contributed by atoms with E-state index in [9.17, 15) is 0 Å². The first-order chi connectivity index (χ1) is 12.3. The highest BCUT2D eigenvalue weighted by atomic mass is 35.5. The van der Waals surface area contributed by atoms with E-state index in [4.69, 9.17) is 19.5 Å². The molecule has 0 amide bonds. The molecule has 146 valence electrons. The van der Waals surface area contributed by atoms with Gasteiger partial charge in [0.1, 0.15) is 5.58 Å². The van der Waals surface area contributed by atoms with Gasteiger partial charge in [0.2, 0.25) is 0 Å². The molecule has 2 N–H and O–H groups in total. The Morgan fingerprint density at radius 1 is 1.26 bits per heavy atom. The zero-order valence-electron chi connectivity index (χ0n) is 16.5. The van der Waals surface area contributed by atoms with Gasteiger partial charge in [-0.25, -0.2) is 0 Å². The van der Waals surface area contributed by atoms with E-state index in [0.717, 1.165) is 34.4 Å². The number of hydrogen-bond donors (Lipinski definition) is 1. The molecule has 1 saturated heterocycles. The van der Waals surface area contributed by atoms with Gasteiger partial charge in [0.05, 0.1) is 18.0 Å². The SMILES string of the molecule is Cc1cccc2c(CC(N)B3O[C@@H]4C[C@@H]5C[C@@H](C5(C)C)[C@]4(C)O3)coc12.Cl. The van der Waals surface area contributed by atoms with E-state index in [1.54, 1.807) is 0 Å². The van der Waals surface area contributed by atoms with Gasteiger partial charge in [-0.3, -0.25) is 0 Å². The molecule has 0 spiro atoms. The van der Waals surface area contributed by atoms with E-state index in [1.165, 1.54) is 6.42 Å². The van der Waals surface area contributed by atoms with Gasteiger partial charge < -0.3 is 19.5 Å². The molecule has 4 nitrogen and oxygen atoms in total. The number of benzene rings is 1. The number of halogens is 1. The molecule has 4 fully saturated rings. The first-order valence-electron chi connectivity index (χ1n) is 9.85. The van der Waals surface area contributed by atoms with Crippen molar-refractivity contribution in [2.24, 2.45) is 23.0 Å². The van der Waals surface area contributed by atoms with Crippen LogP contribution >= 0.6 is 12.4 Å². The van der Waals surface area contributed by atoms with Gasteiger partial charge in [-0.1, -0.05) is 32.0 Å². The molecule has 0 radical (unpaired) electrons.